The summed E-state index contributed by atoms with van der Waals surface area (Å²) in [5, 5.41) is 2.56. The van der Waals surface area contributed by atoms with Gasteiger partial charge in [-0.1, -0.05) is 31.2 Å². The van der Waals surface area contributed by atoms with Crippen molar-refractivity contribution in [1.82, 2.24) is 4.90 Å². The number of hydrogen-bond donors (Lipinski definition) is 1. The van der Waals surface area contributed by atoms with E-state index >= 15 is 0 Å². The van der Waals surface area contributed by atoms with Crippen LogP contribution in [-0.4, -0.2) is 29.0 Å². The molecule has 0 fully saturated rings. The minimum atomic E-state index is -0.179. The third-order valence-electron chi connectivity index (χ3n) is 4.06. The second-order valence-electron chi connectivity index (χ2n) is 6.33. The van der Waals surface area contributed by atoms with Crippen molar-refractivity contribution in [2.24, 2.45) is 0 Å². The van der Waals surface area contributed by atoms with Crippen molar-refractivity contribution < 1.29 is 9.59 Å². The zero-order chi connectivity index (χ0) is 19.1. The molecule has 5 heteroatoms. The molecule has 0 saturated heterocycles. The molecule has 4 nitrogen and oxygen atoms in total. The maximum atomic E-state index is 12.6. The molecule has 1 N–H and O–H groups in total. The maximum absolute atomic E-state index is 12.6. The molecule has 0 spiro atoms. The Morgan fingerprint density at radius 3 is 2.15 bits per heavy atom. The largest absolute Gasteiger partial charge is 0.340 e. The fourth-order valence-corrected chi connectivity index (χ4v) is 3.60. The van der Waals surface area contributed by atoms with Gasteiger partial charge >= 0.3 is 0 Å². The van der Waals surface area contributed by atoms with Crippen LogP contribution >= 0.6 is 11.8 Å². The molecule has 2 aromatic carbocycles. The third kappa shape index (κ3) is 5.92. The lowest BCUT2D eigenvalue weighted by Crippen LogP contribution is -2.32. The van der Waals surface area contributed by atoms with Crippen LogP contribution in [-0.2, 0) is 22.6 Å². The molecular weight excluding hydrogens is 344 g/mol. The van der Waals surface area contributed by atoms with Gasteiger partial charge in [-0.05, 0) is 48.7 Å². The predicted molar refractivity (Wildman–Crippen MR) is 108 cm³/mol. The average molecular weight is 371 g/mol. The summed E-state index contributed by atoms with van der Waals surface area (Å²) >= 11 is 1.52. The third-order valence-corrected chi connectivity index (χ3v) is 5.16. The van der Waals surface area contributed by atoms with Gasteiger partial charge in [-0.15, -0.1) is 11.8 Å². The van der Waals surface area contributed by atoms with E-state index in [-0.39, 0.29) is 17.1 Å². The summed E-state index contributed by atoms with van der Waals surface area (Å²) in [4.78, 5) is 26.5. The van der Waals surface area contributed by atoms with Crippen LogP contribution in [0.3, 0.4) is 0 Å². The van der Waals surface area contributed by atoms with Gasteiger partial charge in [-0.3, -0.25) is 9.59 Å². The Kier molecular flexibility index (Phi) is 7.27. The summed E-state index contributed by atoms with van der Waals surface area (Å²) < 4.78 is 0. The Labute approximate surface area is 160 Å². The van der Waals surface area contributed by atoms with E-state index in [1.54, 1.807) is 4.90 Å². The van der Waals surface area contributed by atoms with Crippen molar-refractivity contribution in [2.45, 2.75) is 43.9 Å². The van der Waals surface area contributed by atoms with Crippen molar-refractivity contribution in [1.29, 1.82) is 0 Å². The standard InChI is InChI=1S/C21H26N2O2S/c1-5-17-6-8-18(9-7-17)14-23(4)21(25)15(2)26-20-12-10-19(11-13-20)22-16(3)24/h6-13,15H,5,14H2,1-4H3,(H,22,24). The zero-order valence-electron chi connectivity index (χ0n) is 15.8. The van der Waals surface area contributed by atoms with E-state index in [9.17, 15) is 9.59 Å². The number of amides is 2. The molecule has 0 bridgehead atoms. The average Bonchev–Trinajstić information content (AvgIpc) is 2.62. The molecule has 0 saturated carbocycles. The Morgan fingerprint density at radius 2 is 1.62 bits per heavy atom. The van der Waals surface area contributed by atoms with Crippen LogP contribution in [0.5, 0.6) is 0 Å². The summed E-state index contributed by atoms with van der Waals surface area (Å²) in [6.07, 6.45) is 1.02. The lowest BCUT2D eigenvalue weighted by molar-refractivity contribution is -0.129. The Balaban J connectivity index is 1.91. The first kappa shape index (κ1) is 20.0. The molecule has 1 atom stereocenters. The predicted octanol–water partition coefficient (Wildman–Crippen LogP) is 4.35. The number of hydrogen-bond acceptors (Lipinski definition) is 3. The number of carbonyl (C=O) groups excluding carboxylic acids is 2. The smallest absolute Gasteiger partial charge is 0.235 e. The Bertz CT molecular complexity index is 742. The summed E-state index contributed by atoms with van der Waals surface area (Å²) in [5.41, 5.74) is 3.19. The number of benzene rings is 2. The van der Waals surface area contributed by atoms with Gasteiger partial charge in [0.25, 0.3) is 0 Å². The van der Waals surface area contributed by atoms with Crippen LogP contribution < -0.4 is 5.32 Å². The van der Waals surface area contributed by atoms with Crippen LogP contribution in [0, 0.1) is 0 Å². The highest BCUT2D eigenvalue weighted by Gasteiger charge is 2.19. The van der Waals surface area contributed by atoms with Crippen molar-refractivity contribution in [3.05, 3.63) is 59.7 Å². The second-order valence-corrected chi connectivity index (χ2v) is 7.74. The van der Waals surface area contributed by atoms with E-state index in [0.717, 1.165) is 22.6 Å². The fourth-order valence-electron chi connectivity index (χ4n) is 2.62. The SMILES string of the molecule is CCc1ccc(CN(C)C(=O)C(C)Sc2ccc(NC(C)=O)cc2)cc1. The molecule has 138 valence electrons. The van der Waals surface area contributed by atoms with Crippen LogP contribution in [0.4, 0.5) is 5.69 Å². The molecule has 0 radical (unpaired) electrons. The lowest BCUT2D eigenvalue weighted by Gasteiger charge is -2.21. The highest BCUT2D eigenvalue weighted by Crippen LogP contribution is 2.26. The lowest BCUT2D eigenvalue weighted by atomic mass is 10.1. The minimum absolute atomic E-state index is 0.0949. The number of thioether (sulfide) groups is 1. The van der Waals surface area contributed by atoms with Gasteiger partial charge in [0.05, 0.1) is 5.25 Å². The van der Waals surface area contributed by atoms with Gasteiger partial charge in [-0.2, -0.15) is 0 Å². The highest BCUT2D eigenvalue weighted by atomic mass is 32.2. The quantitative estimate of drug-likeness (QED) is 0.737. The van der Waals surface area contributed by atoms with E-state index in [4.69, 9.17) is 0 Å². The molecule has 1 unspecified atom stereocenters. The topological polar surface area (TPSA) is 49.4 Å². The van der Waals surface area contributed by atoms with Gasteiger partial charge in [0.15, 0.2) is 0 Å². The first-order valence-electron chi connectivity index (χ1n) is 8.76. The van der Waals surface area contributed by atoms with Crippen LogP contribution in [0.2, 0.25) is 0 Å². The molecule has 0 aliphatic carbocycles. The number of aryl methyl sites for hydroxylation is 1. The van der Waals surface area contributed by atoms with E-state index in [0.29, 0.717) is 6.54 Å². The van der Waals surface area contributed by atoms with Crippen molar-refractivity contribution in [2.75, 3.05) is 12.4 Å². The van der Waals surface area contributed by atoms with E-state index < -0.39 is 0 Å². The molecule has 2 amide bonds. The van der Waals surface area contributed by atoms with Gasteiger partial charge in [0.1, 0.15) is 0 Å². The highest BCUT2D eigenvalue weighted by molar-refractivity contribution is 8.00. The van der Waals surface area contributed by atoms with Crippen molar-refractivity contribution in [3.63, 3.8) is 0 Å². The van der Waals surface area contributed by atoms with Crippen LogP contribution in [0.1, 0.15) is 31.9 Å². The normalized spacial score (nSPS) is 11.7. The van der Waals surface area contributed by atoms with E-state index in [2.05, 4.69) is 36.5 Å². The fraction of sp³-hybridized carbons (Fsp3) is 0.333. The van der Waals surface area contributed by atoms with Crippen LogP contribution in [0.15, 0.2) is 53.4 Å². The zero-order valence-corrected chi connectivity index (χ0v) is 16.6. The molecule has 0 aliphatic heterocycles. The second kappa shape index (κ2) is 9.43. The molecule has 0 aromatic heterocycles. The first-order chi connectivity index (χ1) is 12.4. The molecule has 2 rings (SSSR count). The Hall–Kier alpha value is -2.27. The van der Waals surface area contributed by atoms with Gasteiger partial charge in [0, 0.05) is 31.1 Å². The number of rotatable bonds is 7. The number of anilines is 1. The van der Waals surface area contributed by atoms with Gasteiger partial charge in [0.2, 0.25) is 11.8 Å². The maximum Gasteiger partial charge on any atom is 0.235 e. The van der Waals surface area contributed by atoms with Gasteiger partial charge < -0.3 is 10.2 Å². The summed E-state index contributed by atoms with van der Waals surface area (Å²) in [6, 6.07) is 15.9. The van der Waals surface area contributed by atoms with E-state index in [1.807, 2.05) is 38.2 Å². The molecule has 0 aliphatic rings. The molecule has 0 heterocycles. The summed E-state index contributed by atoms with van der Waals surface area (Å²) in [5.74, 6) is 0.00282. The monoisotopic (exact) mass is 370 g/mol. The summed E-state index contributed by atoms with van der Waals surface area (Å²) in [6.45, 7) is 6.14. The first-order valence-corrected chi connectivity index (χ1v) is 9.64. The van der Waals surface area contributed by atoms with Crippen molar-refractivity contribution in [3.8, 4) is 0 Å². The number of carbonyl (C=O) groups is 2. The molecule has 26 heavy (non-hydrogen) atoms. The van der Waals surface area contributed by atoms with E-state index in [1.165, 1.54) is 24.2 Å². The van der Waals surface area contributed by atoms with Crippen LogP contribution in [0.25, 0.3) is 0 Å². The Morgan fingerprint density at radius 1 is 1.04 bits per heavy atom. The van der Waals surface area contributed by atoms with Crippen molar-refractivity contribution >= 4 is 29.3 Å². The van der Waals surface area contributed by atoms with Gasteiger partial charge in [-0.25, -0.2) is 0 Å². The minimum Gasteiger partial charge on any atom is -0.340 e. The summed E-state index contributed by atoms with van der Waals surface area (Å²) in [7, 11) is 1.84. The number of nitrogens with zero attached hydrogens (tertiary/aromatic N) is 1. The number of nitrogens with one attached hydrogen (secondary N) is 1. The molecule has 2 aromatic rings. The molecular formula is C21H26N2O2S.